The van der Waals surface area contributed by atoms with E-state index in [1.165, 1.54) is 12.1 Å². The van der Waals surface area contributed by atoms with E-state index in [4.69, 9.17) is 16.3 Å². The molecule has 1 aliphatic rings. The van der Waals surface area contributed by atoms with Crippen molar-refractivity contribution in [2.75, 3.05) is 0 Å². The van der Waals surface area contributed by atoms with Gasteiger partial charge in [0.2, 0.25) is 0 Å². The molecule has 0 radical (unpaired) electrons. The third-order valence-electron chi connectivity index (χ3n) is 4.28. The zero-order chi connectivity index (χ0) is 19.4. The Labute approximate surface area is 158 Å². The van der Waals surface area contributed by atoms with Crippen LogP contribution in [0.25, 0.3) is 0 Å². The molecular formula is C17H16ClFN4O4. The Balaban J connectivity index is 1.53. The van der Waals surface area contributed by atoms with Crippen LogP contribution < -0.4 is 10.1 Å². The van der Waals surface area contributed by atoms with Crippen LogP contribution in [0.5, 0.6) is 6.01 Å². The number of ether oxygens (including phenoxy) is 1. The topological polar surface area (TPSA) is 107 Å². The van der Waals surface area contributed by atoms with Crippen LogP contribution in [0.3, 0.4) is 0 Å². The summed E-state index contributed by atoms with van der Waals surface area (Å²) in [7, 11) is 0. The molecule has 1 aromatic heterocycles. The summed E-state index contributed by atoms with van der Waals surface area (Å²) in [6.45, 7) is 0. The predicted octanol–water partition coefficient (Wildman–Crippen LogP) is 3.30. The number of nitrogens with one attached hydrogen (secondary N) is 1. The lowest BCUT2D eigenvalue weighted by Gasteiger charge is -2.28. The van der Waals surface area contributed by atoms with Crippen LogP contribution in [-0.4, -0.2) is 32.9 Å². The molecule has 0 aliphatic heterocycles. The lowest BCUT2D eigenvalue weighted by molar-refractivity contribution is -0.384. The summed E-state index contributed by atoms with van der Waals surface area (Å²) in [6, 6.07) is 4.00. The van der Waals surface area contributed by atoms with E-state index in [0.29, 0.717) is 25.7 Å². The lowest BCUT2D eigenvalue weighted by Crippen LogP contribution is -2.39. The summed E-state index contributed by atoms with van der Waals surface area (Å²) in [4.78, 5) is 30.2. The van der Waals surface area contributed by atoms with Crippen molar-refractivity contribution in [3.05, 3.63) is 57.1 Å². The smallest absolute Gasteiger partial charge is 0.316 e. The first kappa shape index (κ1) is 19.0. The van der Waals surface area contributed by atoms with Gasteiger partial charge in [0.25, 0.3) is 11.6 Å². The second-order valence-corrected chi connectivity index (χ2v) is 6.58. The fourth-order valence-corrected chi connectivity index (χ4v) is 3.08. The molecule has 10 heteroatoms. The molecule has 1 aromatic carbocycles. The Morgan fingerprint density at radius 1 is 1.26 bits per heavy atom. The Hall–Kier alpha value is -2.81. The van der Waals surface area contributed by atoms with E-state index in [0.717, 1.165) is 18.5 Å². The maximum atomic E-state index is 12.8. The number of rotatable bonds is 5. The number of carbonyl (C=O) groups excluding carboxylic acids is 1. The molecule has 0 saturated heterocycles. The SMILES string of the molecule is O=C(NC1CCC(Oc2ncc(F)cn2)CC1)c1ccc(Cl)c([N+](=O)[O-])c1. The van der Waals surface area contributed by atoms with Crippen LogP contribution in [0.2, 0.25) is 5.02 Å². The number of nitrogens with zero attached hydrogens (tertiary/aromatic N) is 3. The molecule has 0 bridgehead atoms. The van der Waals surface area contributed by atoms with E-state index in [-0.39, 0.29) is 40.3 Å². The van der Waals surface area contributed by atoms with Crippen LogP contribution in [0.15, 0.2) is 30.6 Å². The van der Waals surface area contributed by atoms with Gasteiger partial charge < -0.3 is 10.1 Å². The van der Waals surface area contributed by atoms with Gasteiger partial charge in [0.05, 0.1) is 17.3 Å². The van der Waals surface area contributed by atoms with Crippen molar-refractivity contribution in [3.8, 4) is 6.01 Å². The molecule has 1 aliphatic carbocycles. The van der Waals surface area contributed by atoms with E-state index in [9.17, 15) is 19.3 Å². The molecule has 3 rings (SSSR count). The normalized spacial score (nSPS) is 19.3. The third kappa shape index (κ3) is 4.88. The van der Waals surface area contributed by atoms with Crippen molar-refractivity contribution in [1.29, 1.82) is 0 Å². The summed E-state index contributed by atoms with van der Waals surface area (Å²) in [6.07, 6.45) is 4.67. The molecule has 0 unspecified atom stereocenters. The number of amides is 1. The van der Waals surface area contributed by atoms with Gasteiger partial charge in [-0.15, -0.1) is 0 Å². The molecule has 1 N–H and O–H groups in total. The van der Waals surface area contributed by atoms with Gasteiger partial charge in [-0.2, -0.15) is 0 Å². The highest BCUT2D eigenvalue weighted by atomic mass is 35.5. The van der Waals surface area contributed by atoms with Crippen molar-refractivity contribution in [3.63, 3.8) is 0 Å². The van der Waals surface area contributed by atoms with Crippen molar-refractivity contribution in [1.82, 2.24) is 15.3 Å². The van der Waals surface area contributed by atoms with Crippen molar-refractivity contribution >= 4 is 23.2 Å². The largest absolute Gasteiger partial charge is 0.460 e. The molecule has 1 amide bonds. The Morgan fingerprint density at radius 2 is 1.93 bits per heavy atom. The summed E-state index contributed by atoms with van der Waals surface area (Å²) in [5.41, 5.74) is -0.120. The fourth-order valence-electron chi connectivity index (χ4n) is 2.90. The highest BCUT2D eigenvalue weighted by molar-refractivity contribution is 6.32. The van der Waals surface area contributed by atoms with Crippen molar-refractivity contribution < 1.29 is 18.8 Å². The van der Waals surface area contributed by atoms with Crippen molar-refractivity contribution in [2.45, 2.75) is 37.8 Å². The lowest BCUT2D eigenvalue weighted by atomic mass is 9.92. The van der Waals surface area contributed by atoms with Gasteiger partial charge >= 0.3 is 6.01 Å². The van der Waals surface area contributed by atoms with Crippen LogP contribution in [0.4, 0.5) is 10.1 Å². The summed E-state index contributed by atoms with van der Waals surface area (Å²) < 4.78 is 18.4. The molecule has 2 aromatic rings. The van der Waals surface area contributed by atoms with Crippen molar-refractivity contribution in [2.24, 2.45) is 0 Å². The maximum absolute atomic E-state index is 12.8. The van der Waals surface area contributed by atoms with Crippen LogP contribution in [0, 0.1) is 15.9 Å². The second-order valence-electron chi connectivity index (χ2n) is 6.17. The van der Waals surface area contributed by atoms with Gasteiger partial charge in [-0.3, -0.25) is 14.9 Å². The molecule has 1 saturated carbocycles. The van der Waals surface area contributed by atoms with E-state index >= 15 is 0 Å². The molecule has 0 atom stereocenters. The number of aromatic nitrogens is 2. The van der Waals surface area contributed by atoms with Gasteiger partial charge in [-0.1, -0.05) is 11.6 Å². The van der Waals surface area contributed by atoms with Crippen LogP contribution in [0.1, 0.15) is 36.0 Å². The van der Waals surface area contributed by atoms with E-state index in [2.05, 4.69) is 15.3 Å². The number of hydrogen-bond donors (Lipinski definition) is 1. The zero-order valence-corrected chi connectivity index (χ0v) is 14.9. The number of nitro groups is 1. The van der Waals surface area contributed by atoms with Crippen LogP contribution in [-0.2, 0) is 0 Å². The quantitative estimate of drug-likeness (QED) is 0.615. The van der Waals surface area contributed by atoms with Gasteiger partial charge in [-0.25, -0.2) is 14.4 Å². The zero-order valence-electron chi connectivity index (χ0n) is 14.1. The summed E-state index contributed by atoms with van der Waals surface area (Å²) in [5.74, 6) is -0.919. The van der Waals surface area contributed by atoms with Gasteiger partial charge in [-0.05, 0) is 37.8 Å². The summed E-state index contributed by atoms with van der Waals surface area (Å²) in [5, 5.41) is 13.8. The van der Waals surface area contributed by atoms with Gasteiger partial charge in [0.15, 0.2) is 5.82 Å². The first-order valence-electron chi connectivity index (χ1n) is 8.31. The highest BCUT2D eigenvalue weighted by Gasteiger charge is 2.25. The predicted molar refractivity (Wildman–Crippen MR) is 94.2 cm³/mol. The van der Waals surface area contributed by atoms with E-state index < -0.39 is 10.7 Å². The second kappa shape index (κ2) is 8.26. The van der Waals surface area contributed by atoms with E-state index in [1.807, 2.05) is 0 Å². The maximum Gasteiger partial charge on any atom is 0.316 e. The molecule has 0 spiro atoms. The summed E-state index contributed by atoms with van der Waals surface area (Å²) >= 11 is 5.76. The van der Waals surface area contributed by atoms with E-state index in [1.54, 1.807) is 0 Å². The Morgan fingerprint density at radius 3 is 2.56 bits per heavy atom. The average molecular weight is 395 g/mol. The number of carbonyl (C=O) groups is 1. The van der Waals surface area contributed by atoms with Crippen LogP contribution >= 0.6 is 11.6 Å². The Kier molecular flexibility index (Phi) is 5.80. The minimum atomic E-state index is -0.626. The number of nitro benzene ring substituents is 1. The van der Waals surface area contributed by atoms with Gasteiger partial charge in [0.1, 0.15) is 11.1 Å². The molecule has 8 nitrogen and oxygen atoms in total. The Bertz CT molecular complexity index is 841. The number of halogens is 2. The minimum absolute atomic E-state index is 0.0165. The average Bonchev–Trinajstić information content (AvgIpc) is 2.65. The first-order valence-corrected chi connectivity index (χ1v) is 8.69. The van der Waals surface area contributed by atoms with Gasteiger partial charge in [0, 0.05) is 17.7 Å². The number of hydrogen-bond acceptors (Lipinski definition) is 6. The minimum Gasteiger partial charge on any atom is -0.460 e. The fraction of sp³-hybridized carbons (Fsp3) is 0.353. The monoisotopic (exact) mass is 394 g/mol. The highest BCUT2D eigenvalue weighted by Crippen LogP contribution is 2.26. The molecule has 142 valence electrons. The number of benzene rings is 1. The molecular weight excluding hydrogens is 379 g/mol. The molecule has 27 heavy (non-hydrogen) atoms. The third-order valence-corrected chi connectivity index (χ3v) is 4.60. The standard InChI is InChI=1S/C17H16ClFN4O4/c18-14-6-1-10(7-15(14)23(25)26)16(24)22-12-2-4-13(5-3-12)27-17-20-8-11(19)9-21-17/h1,6-9,12-13H,2-5H2,(H,22,24). The first-order chi connectivity index (χ1) is 12.9. The molecule has 1 heterocycles. The molecule has 1 fully saturated rings.